The van der Waals surface area contributed by atoms with Crippen LogP contribution in [0.3, 0.4) is 0 Å². The molecule has 0 amide bonds. The van der Waals surface area contributed by atoms with Crippen molar-refractivity contribution in [2.75, 3.05) is 26.7 Å². The maximum absolute atomic E-state index is 12.9. The minimum absolute atomic E-state index is 0.00813. The number of hydrogen-bond acceptors (Lipinski definition) is 6. The number of rotatable bonds is 5. The first kappa shape index (κ1) is 18.1. The van der Waals surface area contributed by atoms with E-state index in [2.05, 4.69) is 5.32 Å². The van der Waals surface area contributed by atoms with E-state index in [9.17, 15) is 18.5 Å². The molecule has 8 nitrogen and oxygen atoms in total. The van der Waals surface area contributed by atoms with Gasteiger partial charge in [0.25, 0.3) is 5.69 Å². The molecule has 0 spiro atoms. The molecule has 2 heterocycles. The molecule has 0 saturated carbocycles. The highest BCUT2D eigenvalue weighted by molar-refractivity contribution is 7.89. The van der Waals surface area contributed by atoms with Crippen molar-refractivity contribution in [3.8, 4) is 5.75 Å². The van der Waals surface area contributed by atoms with Gasteiger partial charge >= 0.3 is 0 Å². The Hall–Kier alpha value is -1.71. The number of nitro groups is 1. The zero-order valence-electron chi connectivity index (χ0n) is 14.2. The fraction of sp³-hybridized carbons (Fsp3) is 0.625. The molecule has 0 radical (unpaired) electrons. The molecule has 0 aromatic heterocycles. The Morgan fingerprint density at radius 3 is 2.56 bits per heavy atom. The Kier molecular flexibility index (Phi) is 5.26. The summed E-state index contributed by atoms with van der Waals surface area (Å²) in [5.74, 6) is 0.515. The summed E-state index contributed by atoms with van der Waals surface area (Å²) >= 11 is 0. The van der Waals surface area contributed by atoms with Crippen molar-refractivity contribution in [1.82, 2.24) is 9.62 Å². The quantitative estimate of drug-likeness (QED) is 0.627. The molecule has 1 N–H and O–H groups in total. The van der Waals surface area contributed by atoms with Crippen LogP contribution in [0.5, 0.6) is 5.75 Å². The highest BCUT2D eigenvalue weighted by Gasteiger charge is 2.35. The van der Waals surface area contributed by atoms with Gasteiger partial charge in [-0.3, -0.25) is 10.1 Å². The third kappa shape index (κ3) is 3.63. The van der Waals surface area contributed by atoms with Crippen LogP contribution in [0.4, 0.5) is 5.69 Å². The van der Waals surface area contributed by atoms with Crippen molar-refractivity contribution in [2.45, 2.75) is 36.6 Å². The zero-order valence-corrected chi connectivity index (χ0v) is 15.0. The van der Waals surface area contributed by atoms with Crippen LogP contribution in [0, 0.1) is 16.0 Å². The highest BCUT2D eigenvalue weighted by atomic mass is 32.2. The first-order chi connectivity index (χ1) is 11.9. The number of non-ortho nitro benzene ring substituents is 1. The van der Waals surface area contributed by atoms with Gasteiger partial charge in [-0.25, -0.2) is 8.42 Å². The van der Waals surface area contributed by atoms with E-state index in [0.717, 1.165) is 31.9 Å². The van der Waals surface area contributed by atoms with Gasteiger partial charge in [0.2, 0.25) is 10.0 Å². The average Bonchev–Trinajstić information content (AvgIpc) is 3.15. The monoisotopic (exact) mass is 369 g/mol. The van der Waals surface area contributed by atoms with Crippen molar-refractivity contribution in [2.24, 2.45) is 5.92 Å². The fourth-order valence-electron chi connectivity index (χ4n) is 3.75. The molecule has 2 saturated heterocycles. The summed E-state index contributed by atoms with van der Waals surface area (Å²) in [5, 5.41) is 14.4. The lowest BCUT2D eigenvalue weighted by Crippen LogP contribution is -2.43. The number of methoxy groups -OCH3 is 1. The Balaban J connectivity index is 1.77. The summed E-state index contributed by atoms with van der Waals surface area (Å²) < 4.78 is 32.4. The summed E-state index contributed by atoms with van der Waals surface area (Å²) in [7, 11) is -2.41. The summed E-state index contributed by atoms with van der Waals surface area (Å²) in [6.45, 7) is 1.97. The Bertz CT molecular complexity index is 738. The van der Waals surface area contributed by atoms with Crippen LogP contribution >= 0.6 is 0 Å². The Morgan fingerprint density at radius 2 is 2.00 bits per heavy atom. The molecular weight excluding hydrogens is 346 g/mol. The molecule has 2 fully saturated rings. The number of nitrogens with one attached hydrogen (secondary N) is 1. The number of nitro benzene ring substituents is 1. The van der Waals surface area contributed by atoms with E-state index in [1.165, 1.54) is 30.0 Å². The number of hydrogen-bond donors (Lipinski definition) is 1. The number of nitrogens with zero attached hydrogens (tertiary/aromatic N) is 2. The standard InChI is InChI=1S/C16H23N3O5S/c1-24-15-11-13(19(20)21)4-5-16(15)25(22,23)18-9-6-12(7-10-18)14-3-2-8-17-14/h4-5,11-12,14,17H,2-3,6-10H2,1H3. The van der Waals surface area contributed by atoms with Crippen molar-refractivity contribution < 1.29 is 18.1 Å². The van der Waals surface area contributed by atoms with E-state index in [0.29, 0.717) is 25.0 Å². The number of benzene rings is 1. The van der Waals surface area contributed by atoms with Crippen LogP contribution in [0.1, 0.15) is 25.7 Å². The fourth-order valence-corrected chi connectivity index (χ4v) is 5.36. The molecular formula is C16H23N3O5S. The molecule has 2 aliphatic rings. The van der Waals surface area contributed by atoms with E-state index in [-0.39, 0.29) is 16.3 Å². The Labute approximate surface area is 147 Å². The van der Waals surface area contributed by atoms with Crippen LogP contribution in [0.25, 0.3) is 0 Å². The number of piperidine rings is 1. The molecule has 138 valence electrons. The van der Waals surface area contributed by atoms with Gasteiger partial charge in [-0.1, -0.05) is 0 Å². The maximum atomic E-state index is 12.9. The van der Waals surface area contributed by atoms with Crippen LogP contribution in [0.2, 0.25) is 0 Å². The largest absolute Gasteiger partial charge is 0.495 e. The van der Waals surface area contributed by atoms with Crippen molar-refractivity contribution in [1.29, 1.82) is 0 Å². The van der Waals surface area contributed by atoms with E-state index in [1.54, 1.807) is 0 Å². The van der Waals surface area contributed by atoms with Crippen LogP contribution in [-0.4, -0.2) is 50.4 Å². The lowest BCUT2D eigenvalue weighted by Gasteiger charge is -2.34. The normalized spacial score (nSPS) is 22.8. The second kappa shape index (κ2) is 7.27. The third-order valence-corrected chi connectivity index (χ3v) is 7.08. The van der Waals surface area contributed by atoms with Crippen LogP contribution in [-0.2, 0) is 10.0 Å². The SMILES string of the molecule is COc1cc([N+](=O)[O-])ccc1S(=O)(=O)N1CCC(C2CCCN2)CC1. The predicted molar refractivity (Wildman–Crippen MR) is 92.2 cm³/mol. The molecule has 1 aromatic carbocycles. The summed E-state index contributed by atoms with van der Waals surface area (Å²) in [4.78, 5) is 10.3. The minimum Gasteiger partial charge on any atom is -0.495 e. The van der Waals surface area contributed by atoms with Gasteiger partial charge in [0.1, 0.15) is 10.6 Å². The first-order valence-electron chi connectivity index (χ1n) is 8.49. The van der Waals surface area contributed by atoms with Gasteiger partial charge in [-0.05, 0) is 44.2 Å². The van der Waals surface area contributed by atoms with Crippen molar-refractivity contribution in [3.05, 3.63) is 28.3 Å². The second-order valence-corrected chi connectivity index (χ2v) is 8.44. The molecule has 1 unspecified atom stereocenters. The van der Waals surface area contributed by atoms with Gasteiger partial charge in [0.15, 0.2) is 0 Å². The molecule has 2 aliphatic heterocycles. The lowest BCUT2D eigenvalue weighted by molar-refractivity contribution is -0.385. The predicted octanol–water partition coefficient (Wildman–Crippen LogP) is 1.76. The van der Waals surface area contributed by atoms with Crippen molar-refractivity contribution >= 4 is 15.7 Å². The van der Waals surface area contributed by atoms with Crippen molar-refractivity contribution in [3.63, 3.8) is 0 Å². The molecule has 0 bridgehead atoms. The van der Waals surface area contributed by atoms with Crippen LogP contribution in [0.15, 0.2) is 23.1 Å². The maximum Gasteiger partial charge on any atom is 0.273 e. The second-order valence-electron chi connectivity index (χ2n) is 6.54. The van der Waals surface area contributed by atoms with Gasteiger partial charge in [0.05, 0.1) is 18.1 Å². The average molecular weight is 369 g/mol. The Morgan fingerprint density at radius 1 is 1.28 bits per heavy atom. The highest BCUT2D eigenvalue weighted by Crippen LogP contribution is 2.33. The zero-order chi connectivity index (χ0) is 18.0. The minimum atomic E-state index is -3.73. The molecule has 25 heavy (non-hydrogen) atoms. The van der Waals surface area contributed by atoms with E-state index >= 15 is 0 Å². The first-order valence-corrected chi connectivity index (χ1v) is 9.93. The number of sulfonamides is 1. The smallest absolute Gasteiger partial charge is 0.273 e. The summed E-state index contributed by atoms with van der Waals surface area (Å²) in [6.07, 6.45) is 4.00. The third-order valence-electron chi connectivity index (χ3n) is 5.14. The van der Waals surface area contributed by atoms with E-state index in [4.69, 9.17) is 4.74 Å². The van der Waals surface area contributed by atoms with E-state index < -0.39 is 14.9 Å². The molecule has 1 aromatic rings. The van der Waals surface area contributed by atoms with Gasteiger partial charge in [-0.2, -0.15) is 4.31 Å². The summed E-state index contributed by atoms with van der Waals surface area (Å²) in [6, 6.07) is 4.11. The molecule has 1 atom stereocenters. The van der Waals surface area contributed by atoms with Gasteiger partial charge in [0, 0.05) is 25.2 Å². The molecule has 3 rings (SSSR count). The number of ether oxygens (including phenoxy) is 1. The lowest BCUT2D eigenvalue weighted by atomic mass is 9.89. The van der Waals surface area contributed by atoms with Gasteiger partial charge in [-0.15, -0.1) is 0 Å². The molecule has 0 aliphatic carbocycles. The molecule has 9 heteroatoms. The van der Waals surface area contributed by atoms with E-state index in [1.807, 2.05) is 0 Å². The topological polar surface area (TPSA) is 102 Å². The van der Waals surface area contributed by atoms with Gasteiger partial charge < -0.3 is 10.1 Å². The van der Waals surface area contributed by atoms with Crippen LogP contribution < -0.4 is 10.1 Å². The summed E-state index contributed by atoms with van der Waals surface area (Å²) in [5.41, 5.74) is -0.193.